The van der Waals surface area contributed by atoms with Gasteiger partial charge in [-0.2, -0.15) is 0 Å². The van der Waals surface area contributed by atoms with Crippen LogP contribution in [0.5, 0.6) is 0 Å². The number of nitrogens with two attached hydrogens (primary N) is 1. The van der Waals surface area contributed by atoms with Crippen LogP contribution < -0.4 is 16.2 Å². The third-order valence-corrected chi connectivity index (χ3v) is 3.31. The number of aliphatic hydroxyl groups is 1. The van der Waals surface area contributed by atoms with Gasteiger partial charge in [0, 0.05) is 12.6 Å². The molecule has 1 aromatic heterocycles. The molecule has 0 radical (unpaired) electrons. The minimum Gasteiger partial charge on any atom is -0.394 e. The smallest absolute Gasteiger partial charge is 0.311 e. The zero-order chi connectivity index (χ0) is 13.8. The Hall–Kier alpha value is -1.93. The third-order valence-electron chi connectivity index (χ3n) is 3.31. The zero-order valence-corrected chi connectivity index (χ0v) is 10.5. The van der Waals surface area contributed by atoms with Crippen LogP contribution in [0.1, 0.15) is 19.3 Å². The van der Waals surface area contributed by atoms with Gasteiger partial charge in [0.1, 0.15) is 5.82 Å². The monoisotopic (exact) mass is 267 g/mol. The normalized spacial score (nSPS) is 19.3. The van der Waals surface area contributed by atoms with Crippen molar-refractivity contribution in [1.82, 2.24) is 4.98 Å². The molecule has 0 saturated carbocycles. The van der Waals surface area contributed by atoms with E-state index in [1.54, 1.807) is 4.90 Å². The highest BCUT2D eigenvalue weighted by molar-refractivity contribution is 5.62. The Morgan fingerprint density at radius 2 is 2.37 bits per heavy atom. The van der Waals surface area contributed by atoms with Crippen molar-refractivity contribution in [2.24, 2.45) is 5.84 Å². The van der Waals surface area contributed by atoms with Crippen molar-refractivity contribution in [2.45, 2.75) is 25.3 Å². The van der Waals surface area contributed by atoms with E-state index in [4.69, 9.17) is 5.84 Å². The second kappa shape index (κ2) is 5.81. The van der Waals surface area contributed by atoms with Crippen molar-refractivity contribution in [3.05, 3.63) is 22.2 Å². The van der Waals surface area contributed by atoms with Gasteiger partial charge < -0.3 is 15.4 Å². The van der Waals surface area contributed by atoms with Crippen LogP contribution in [0.3, 0.4) is 0 Å². The molecule has 19 heavy (non-hydrogen) atoms. The van der Waals surface area contributed by atoms with E-state index < -0.39 is 4.92 Å². The largest absolute Gasteiger partial charge is 0.394 e. The summed E-state index contributed by atoms with van der Waals surface area (Å²) < 4.78 is 0. The molecule has 1 unspecified atom stereocenters. The molecule has 2 heterocycles. The van der Waals surface area contributed by atoms with Crippen LogP contribution in [0.25, 0.3) is 0 Å². The number of rotatable bonds is 4. The summed E-state index contributed by atoms with van der Waals surface area (Å²) in [6.45, 7) is 0.603. The molecule has 0 amide bonds. The van der Waals surface area contributed by atoms with E-state index in [2.05, 4.69) is 10.4 Å². The van der Waals surface area contributed by atoms with Gasteiger partial charge in [0.2, 0.25) is 5.82 Å². The van der Waals surface area contributed by atoms with Crippen LogP contribution in [0.2, 0.25) is 0 Å². The Bertz CT molecular complexity index is 468. The summed E-state index contributed by atoms with van der Waals surface area (Å²) in [6, 6.07) is 2.70. The number of anilines is 2. The van der Waals surface area contributed by atoms with Crippen LogP contribution in [0, 0.1) is 10.1 Å². The Labute approximate surface area is 110 Å². The fraction of sp³-hybridized carbons (Fsp3) is 0.545. The fourth-order valence-corrected chi connectivity index (χ4v) is 2.34. The van der Waals surface area contributed by atoms with Crippen molar-refractivity contribution >= 4 is 17.3 Å². The van der Waals surface area contributed by atoms with Crippen LogP contribution in [-0.2, 0) is 0 Å². The minimum absolute atomic E-state index is 0.0425. The molecule has 4 N–H and O–H groups in total. The molecule has 0 aliphatic carbocycles. The maximum atomic E-state index is 11.1. The number of hydrogen-bond donors (Lipinski definition) is 3. The predicted octanol–water partition coefficient (Wildman–Crippen LogP) is 0.627. The molecule has 1 fully saturated rings. The van der Waals surface area contributed by atoms with Gasteiger partial charge in [0.05, 0.1) is 17.6 Å². The Morgan fingerprint density at radius 3 is 3.00 bits per heavy atom. The summed E-state index contributed by atoms with van der Waals surface area (Å²) in [4.78, 5) is 16.6. The summed E-state index contributed by atoms with van der Waals surface area (Å²) in [7, 11) is 0. The number of pyridine rings is 1. The first kappa shape index (κ1) is 13.5. The second-order valence-corrected chi connectivity index (χ2v) is 4.47. The molecule has 1 aliphatic rings. The van der Waals surface area contributed by atoms with Gasteiger partial charge in [0.15, 0.2) is 0 Å². The first-order valence-corrected chi connectivity index (χ1v) is 6.17. The second-order valence-electron chi connectivity index (χ2n) is 4.47. The van der Waals surface area contributed by atoms with Crippen molar-refractivity contribution in [3.63, 3.8) is 0 Å². The van der Waals surface area contributed by atoms with E-state index in [1.165, 1.54) is 12.1 Å². The number of nitrogens with zero attached hydrogens (tertiary/aromatic N) is 3. The minimum atomic E-state index is -0.467. The van der Waals surface area contributed by atoms with Crippen molar-refractivity contribution in [3.8, 4) is 0 Å². The molecule has 1 atom stereocenters. The molecular formula is C11H17N5O3. The van der Waals surface area contributed by atoms with E-state index in [1.807, 2.05) is 0 Å². The van der Waals surface area contributed by atoms with E-state index in [0.717, 1.165) is 19.3 Å². The topological polar surface area (TPSA) is 118 Å². The Morgan fingerprint density at radius 1 is 1.58 bits per heavy atom. The molecule has 2 rings (SSSR count). The number of hydrogen-bond acceptors (Lipinski definition) is 7. The number of nitrogens with one attached hydrogen (secondary N) is 1. The summed E-state index contributed by atoms with van der Waals surface area (Å²) in [5.74, 6) is 5.92. The standard InChI is InChI=1S/C11H17N5O3/c12-14-10-5-4-9(16(18)19)11(13-10)15-6-2-1-3-8(15)7-17/h4-5,8,17H,1-3,6-7,12H2,(H,13,14). The molecule has 1 saturated heterocycles. The van der Waals surface area contributed by atoms with Crippen LogP contribution >= 0.6 is 0 Å². The lowest BCUT2D eigenvalue weighted by molar-refractivity contribution is -0.384. The van der Waals surface area contributed by atoms with Gasteiger partial charge in [-0.3, -0.25) is 10.1 Å². The molecule has 1 aliphatic heterocycles. The number of hydrazine groups is 1. The highest BCUT2D eigenvalue weighted by atomic mass is 16.6. The molecule has 0 bridgehead atoms. The molecular weight excluding hydrogens is 250 g/mol. The summed E-state index contributed by atoms with van der Waals surface area (Å²) in [5.41, 5.74) is 2.31. The maximum Gasteiger partial charge on any atom is 0.311 e. The predicted molar refractivity (Wildman–Crippen MR) is 70.8 cm³/mol. The molecule has 0 spiro atoms. The maximum absolute atomic E-state index is 11.1. The molecule has 1 aromatic rings. The zero-order valence-electron chi connectivity index (χ0n) is 10.5. The Balaban J connectivity index is 2.42. The van der Waals surface area contributed by atoms with Gasteiger partial charge in [-0.05, 0) is 25.3 Å². The van der Waals surface area contributed by atoms with Crippen molar-refractivity contribution < 1.29 is 10.0 Å². The number of aliphatic hydroxyl groups excluding tert-OH is 1. The van der Waals surface area contributed by atoms with E-state index in [9.17, 15) is 15.2 Å². The Kier molecular flexibility index (Phi) is 4.13. The molecule has 8 heteroatoms. The molecule has 0 aromatic carbocycles. The quantitative estimate of drug-likeness (QED) is 0.416. The lowest BCUT2D eigenvalue weighted by Crippen LogP contribution is -2.42. The third kappa shape index (κ3) is 2.74. The SMILES string of the molecule is NNc1ccc([N+](=O)[O-])c(N2CCCCC2CO)n1. The van der Waals surface area contributed by atoms with E-state index in [0.29, 0.717) is 12.4 Å². The number of aromatic nitrogens is 1. The van der Waals surface area contributed by atoms with E-state index in [-0.39, 0.29) is 24.2 Å². The van der Waals surface area contributed by atoms with Crippen LogP contribution in [0.15, 0.2) is 12.1 Å². The lowest BCUT2D eigenvalue weighted by Gasteiger charge is -2.35. The summed E-state index contributed by atoms with van der Waals surface area (Å²) in [5, 5.41) is 20.5. The average molecular weight is 267 g/mol. The first-order valence-electron chi connectivity index (χ1n) is 6.17. The first-order chi connectivity index (χ1) is 9.17. The highest BCUT2D eigenvalue weighted by Crippen LogP contribution is 2.32. The summed E-state index contributed by atoms with van der Waals surface area (Å²) in [6.07, 6.45) is 2.73. The van der Waals surface area contributed by atoms with Gasteiger partial charge in [0.25, 0.3) is 0 Å². The van der Waals surface area contributed by atoms with Gasteiger partial charge in [-0.15, -0.1) is 0 Å². The van der Waals surface area contributed by atoms with Gasteiger partial charge in [-0.1, -0.05) is 0 Å². The number of piperidine rings is 1. The van der Waals surface area contributed by atoms with Crippen LogP contribution in [0.4, 0.5) is 17.3 Å². The average Bonchev–Trinajstić information content (AvgIpc) is 2.46. The number of nitro groups is 1. The summed E-state index contributed by atoms with van der Waals surface area (Å²) >= 11 is 0. The lowest BCUT2D eigenvalue weighted by atomic mass is 10.0. The van der Waals surface area contributed by atoms with Crippen molar-refractivity contribution in [1.29, 1.82) is 0 Å². The van der Waals surface area contributed by atoms with Crippen molar-refractivity contribution in [2.75, 3.05) is 23.5 Å². The van der Waals surface area contributed by atoms with Gasteiger partial charge >= 0.3 is 5.69 Å². The highest BCUT2D eigenvalue weighted by Gasteiger charge is 2.29. The number of nitrogen functional groups attached to an aromatic ring is 1. The molecule has 8 nitrogen and oxygen atoms in total. The van der Waals surface area contributed by atoms with Crippen LogP contribution in [-0.4, -0.2) is 34.2 Å². The van der Waals surface area contributed by atoms with E-state index >= 15 is 0 Å². The molecule has 104 valence electrons. The van der Waals surface area contributed by atoms with Gasteiger partial charge in [-0.25, -0.2) is 10.8 Å². The fourth-order valence-electron chi connectivity index (χ4n) is 2.34.